The highest BCUT2D eigenvalue weighted by Crippen LogP contribution is 2.39. The summed E-state index contributed by atoms with van der Waals surface area (Å²) >= 11 is 0. The second kappa shape index (κ2) is 14.5. The average molecular weight is 800 g/mol. The Morgan fingerprint density at radius 2 is 0.806 bits per heavy atom. The van der Waals surface area contributed by atoms with E-state index in [1.165, 1.54) is 43.7 Å². The van der Waals surface area contributed by atoms with Crippen molar-refractivity contribution < 1.29 is 0 Å². The quantitative estimate of drug-likeness (QED) is 0.174. The van der Waals surface area contributed by atoms with Crippen LogP contribution < -0.4 is 0 Å². The lowest BCUT2D eigenvalue weighted by molar-refractivity contribution is 0.591. The lowest BCUT2D eigenvalue weighted by atomic mass is 9.86. The van der Waals surface area contributed by atoms with Crippen LogP contribution in [-0.2, 0) is 10.8 Å². The minimum absolute atomic E-state index is 0.0402. The molecule has 298 valence electrons. The molecule has 0 radical (unpaired) electrons. The monoisotopic (exact) mass is 799 g/mol. The maximum absolute atomic E-state index is 9.94. The van der Waals surface area contributed by atoms with Gasteiger partial charge in [0.25, 0.3) is 0 Å². The minimum atomic E-state index is 0.0402. The summed E-state index contributed by atoms with van der Waals surface area (Å²) in [5.41, 5.74) is 15.5. The Labute approximate surface area is 362 Å². The third-order valence-corrected chi connectivity index (χ3v) is 12.3. The van der Waals surface area contributed by atoms with Crippen LogP contribution in [0, 0.1) is 22.7 Å². The maximum atomic E-state index is 9.94. The van der Waals surface area contributed by atoms with E-state index in [2.05, 4.69) is 208 Å². The summed E-state index contributed by atoms with van der Waals surface area (Å²) in [7, 11) is 0. The van der Waals surface area contributed by atoms with Gasteiger partial charge in [0.1, 0.15) is 12.1 Å². The number of benzene rings is 7. The first kappa shape index (κ1) is 38.5. The SMILES string of the molecule is CC(C)(C)c1ccc2c(c1)c1ccccc1n2-c1ccc(-c2cc(-c3ccc(C#N)c(C#N)c3)cc(-c3ccc(-n4c5ccccc5c5cc(C(C)(C)C)ccc54)cc3)n2)cc1. The number of pyridine rings is 1. The molecular weight excluding hydrogens is 755 g/mol. The molecule has 10 rings (SSSR count). The Morgan fingerprint density at radius 1 is 0.387 bits per heavy atom. The van der Waals surface area contributed by atoms with Gasteiger partial charge in [-0.3, -0.25) is 0 Å². The zero-order chi connectivity index (χ0) is 42.9. The lowest BCUT2D eigenvalue weighted by Crippen LogP contribution is -2.10. The molecule has 3 aromatic heterocycles. The molecule has 0 bridgehead atoms. The van der Waals surface area contributed by atoms with Gasteiger partial charge in [-0.2, -0.15) is 10.5 Å². The highest BCUT2D eigenvalue weighted by Gasteiger charge is 2.20. The largest absolute Gasteiger partial charge is 0.309 e. The third-order valence-electron chi connectivity index (χ3n) is 12.3. The summed E-state index contributed by atoms with van der Waals surface area (Å²) in [4.78, 5) is 5.29. The van der Waals surface area contributed by atoms with Gasteiger partial charge in [-0.1, -0.05) is 120 Å². The topological polar surface area (TPSA) is 70.3 Å². The number of fused-ring (bicyclic) bond motifs is 6. The number of hydrogen-bond donors (Lipinski definition) is 0. The summed E-state index contributed by atoms with van der Waals surface area (Å²) in [6.45, 7) is 13.5. The average Bonchev–Trinajstić information content (AvgIpc) is 3.80. The summed E-state index contributed by atoms with van der Waals surface area (Å²) in [5.74, 6) is 0. The number of aromatic nitrogens is 3. The van der Waals surface area contributed by atoms with Crippen LogP contribution in [0.1, 0.15) is 63.8 Å². The minimum Gasteiger partial charge on any atom is -0.309 e. The summed E-state index contributed by atoms with van der Waals surface area (Å²) in [6.07, 6.45) is 0. The lowest BCUT2D eigenvalue weighted by Gasteiger charge is -2.19. The van der Waals surface area contributed by atoms with Crippen molar-refractivity contribution in [3.63, 3.8) is 0 Å². The van der Waals surface area contributed by atoms with E-state index in [-0.39, 0.29) is 10.8 Å². The van der Waals surface area contributed by atoms with E-state index in [0.717, 1.165) is 56.0 Å². The molecule has 3 heterocycles. The van der Waals surface area contributed by atoms with Gasteiger partial charge in [0.2, 0.25) is 0 Å². The van der Waals surface area contributed by atoms with Gasteiger partial charge >= 0.3 is 0 Å². The van der Waals surface area contributed by atoms with Crippen LogP contribution >= 0.6 is 0 Å². The number of nitrogens with zero attached hydrogens (tertiary/aromatic N) is 5. The molecule has 0 amide bonds. The molecule has 0 saturated carbocycles. The van der Waals surface area contributed by atoms with Crippen LogP contribution in [0.15, 0.2) is 164 Å². The van der Waals surface area contributed by atoms with E-state index in [4.69, 9.17) is 4.98 Å². The Morgan fingerprint density at radius 3 is 1.24 bits per heavy atom. The summed E-state index contributed by atoms with van der Waals surface area (Å²) in [5, 5.41) is 24.6. The van der Waals surface area contributed by atoms with E-state index >= 15 is 0 Å². The molecule has 0 atom stereocenters. The van der Waals surface area contributed by atoms with Crippen molar-refractivity contribution in [2.45, 2.75) is 52.4 Å². The molecule has 0 fully saturated rings. The molecule has 62 heavy (non-hydrogen) atoms. The first-order valence-corrected chi connectivity index (χ1v) is 21.2. The van der Waals surface area contributed by atoms with E-state index in [9.17, 15) is 10.5 Å². The van der Waals surface area contributed by atoms with Gasteiger partial charge < -0.3 is 9.13 Å². The third kappa shape index (κ3) is 6.51. The molecule has 0 saturated heterocycles. The van der Waals surface area contributed by atoms with Crippen molar-refractivity contribution in [1.29, 1.82) is 10.5 Å². The highest BCUT2D eigenvalue weighted by atomic mass is 15.0. The van der Waals surface area contributed by atoms with E-state index < -0.39 is 0 Å². The fraction of sp³-hybridized carbons (Fsp3) is 0.140. The summed E-state index contributed by atoms with van der Waals surface area (Å²) < 4.78 is 4.69. The van der Waals surface area contributed by atoms with Crippen LogP contribution in [-0.4, -0.2) is 14.1 Å². The molecule has 0 N–H and O–H groups in total. The van der Waals surface area contributed by atoms with Gasteiger partial charge in [0, 0.05) is 44.0 Å². The van der Waals surface area contributed by atoms with Crippen LogP contribution in [0.2, 0.25) is 0 Å². The maximum Gasteiger partial charge on any atom is 0.101 e. The molecule has 7 aromatic carbocycles. The molecule has 5 heteroatoms. The smallest absolute Gasteiger partial charge is 0.101 e. The predicted molar refractivity (Wildman–Crippen MR) is 256 cm³/mol. The Balaban J connectivity index is 1.08. The van der Waals surface area contributed by atoms with Crippen LogP contribution in [0.25, 0.3) is 88.6 Å². The fourth-order valence-corrected chi connectivity index (χ4v) is 8.90. The summed E-state index contributed by atoms with van der Waals surface area (Å²) in [6, 6.07) is 62.2. The molecule has 0 aliphatic carbocycles. The number of para-hydroxylation sites is 2. The van der Waals surface area contributed by atoms with Gasteiger partial charge in [-0.25, -0.2) is 4.98 Å². The van der Waals surface area contributed by atoms with E-state index in [1.807, 2.05) is 6.07 Å². The first-order chi connectivity index (χ1) is 29.9. The predicted octanol–water partition coefficient (Wildman–Crippen LogP) is 14.6. The fourth-order valence-electron chi connectivity index (χ4n) is 8.90. The molecule has 0 spiro atoms. The van der Waals surface area contributed by atoms with E-state index in [0.29, 0.717) is 11.1 Å². The molecular formula is C57H45N5. The molecule has 5 nitrogen and oxygen atoms in total. The number of nitriles is 2. The molecule has 0 aliphatic rings. The second-order valence-electron chi connectivity index (χ2n) is 18.4. The van der Waals surface area contributed by atoms with Gasteiger partial charge in [-0.05, 0) is 118 Å². The standard InChI is InChI=1S/C57H45N5/c1-56(2,3)42-21-27-54-48(32-42)46-11-7-9-13-52(46)61(54)44-23-17-36(18-24-44)50-30-40(38-15-16-39(34-58)41(29-38)35-59)31-51(60-50)37-19-25-45(26-20-37)62-53-14-10-8-12-47(53)49-33-43(57(4,5)6)22-28-55(49)62/h7-33H,1-6H3. The van der Waals surface area contributed by atoms with Gasteiger partial charge in [0.05, 0.1) is 44.6 Å². The normalized spacial score (nSPS) is 12.0. The highest BCUT2D eigenvalue weighted by molar-refractivity contribution is 6.10. The zero-order valence-electron chi connectivity index (χ0n) is 35.8. The van der Waals surface area contributed by atoms with Crippen molar-refractivity contribution in [1.82, 2.24) is 14.1 Å². The Hall–Kier alpha value is -7.73. The second-order valence-corrected chi connectivity index (χ2v) is 18.4. The zero-order valence-corrected chi connectivity index (χ0v) is 35.8. The first-order valence-electron chi connectivity index (χ1n) is 21.2. The molecule has 10 aromatic rings. The Bertz CT molecular complexity index is 3290. The van der Waals surface area contributed by atoms with Crippen molar-refractivity contribution in [3.8, 4) is 57.2 Å². The number of rotatable bonds is 5. The van der Waals surface area contributed by atoms with Crippen molar-refractivity contribution in [2.75, 3.05) is 0 Å². The molecule has 0 aliphatic heterocycles. The van der Waals surface area contributed by atoms with Gasteiger partial charge in [0.15, 0.2) is 0 Å². The van der Waals surface area contributed by atoms with Gasteiger partial charge in [-0.15, -0.1) is 0 Å². The van der Waals surface area contributed by atoms with Crippen LogP contribution in [0.3, 0.4) is 0 Å². The number of hydrogen-bond acceptors (Lipinski definition) is 3. The Kier molecular flexibility index (Phi) is 8.98. The van der Waals surface area contributed by atoms with Crippen LogP contribution in [0.4, 0.5) is 0 Å². The van der Waals surface area contributed by atoms with Crippen molar-refractivity contribution >= 4 is 43.6 Å². The van der Waals surface area contributed by atoms with E-state index in [1.54, 1.807) is 12.1 Å². The van der Waals surface area contributed by atoms with Crippen molar-refractivity contribution in [2.24, 2.45) is 0 Å². The van der Waals surface area contributed by atoms with Crippen LogP contribution in [0.5, 0.6) is 0 Å². The molecule has 0 unspecified atom stereocenters. The van der Waals surface area contributed by atoms with Crippen molar-refractivity contribution in [3.05, 3.63) is 186 Å².